The molecule has 2 atom stereocenters. The maximum absolute atomic E-state index is 11.7. The van der Waals surface area contributed by atoms with E-state index in [2.05, 4.69) is 11.4 Å². The van der Waals surface area contributed by atoms with Crippen LogP contribution in [0.3, 0.4) is 0 Å². The van der Waals surface area contributed by atoms with Crippen LogP contribution in [0.4, 0.5) is 0 Å². The fourth-order valence-corrected chi connectivity index (χ4v) is 2.00. The summed E-state index contributed by atoms with van der Waals surface area (Å²) < 4.78 is 5.66. The fourth-order valence-electron chi connectivity index (χ4n) is 2.00. The van der Waals surface area contributed by atoms with Crippen molar-refractivity contribution < 1.29 is 9.53 Å². The van der Waals surface area contributed by atoms with Gasteiger partial charge in [0.05, 0.1) is 6.54 Å². The van der Waals surface area contributed by atoms with Crippen molar-refractivity contribution in [3.05, 3.63) is 42.5 Å². The zero-order valence-electron chi connectivity index (χ0n) is 12.5. The van der Waals surface area contributed by atoms with Crippen molar-refractivity contribution >= 4 is 16.7 Å². The highest BCUT2D eigenvalue weighted by molar-refractivity contribution is 5.83. The molecule has 0 aliphatic carbocycles. The van der Waals surface area contributed by atoms with Crippen LogP contribution in [-0.2, 0) is 4.79 Å². The molecule has 4 nitrogen and oxygen atoms in total. The van der Waals surface area contributed by atoms with Gasteiger partial charge in [0, 0.05) is 12.0 Å². The monoisotopic (exact) mass is 286 g/mol. The minimum atomic E-state index is -0.189. The van der Waals surface area contributed by atoms with E-state index in [0.29, 0.717) is 13.2 Å². The summed E-state index contributed by atoms with van der Waals surface area (Å²) in [7, 11) is 0. The van der Waals surface area contributed by atoms with Crippen LogP contribution >= 0.6 is 0 Å². The molecule has 0 aliphatic rings. The first-order valence-electron chi connectivity index (χ1n) is 7.23. The van der Waals surface area contributed by atoms with Gasteiger partial charge in [-0.1, -0.05) is 37.3 Å². The minimum Gasteiger partial charge on any atom is -0.492 e. The molecule has 112 valence electrons. The topological polar surface area (TPSA) is 64.4 Å². The number of ether oxygens (including phenoxy) is 1. The SMILES string of the molecule is CC(N)C(C)C(=O)NCCOc1ccc2ccccc2c1. The van der Waals surface area contributed by atoms with Crippen molar-refractivity contribution in [2.45, 2.75) is 19.9 Å². The third-order valence-electron chi connectivity index (χ3n) is 3.59. The number of hydrogen-bond donors (Lipinski definition) is 2. The van der Waals surface area contributed by atoms with E-state index in [-0.39, 0.29) is 17.9 Å². The first-order chi connectivity index (χ1) is 10.1. The molecule has 0 saturated heterocycles. The highest BCUT2D eigenvalue weighted by Crippen LogP contribution is 2.20. The standard InChI is InChI=1S/C17H22N2O2/c1-12(13(2)18)17(20)19-9-10-21-16-8-7-14-5-3-4-6-15(14)11-16/h3-8,11-13H,9-10,18H2,1-2H3,(H,19,20). The van der Waals surface area contributed by atoms with E-state index in [1.807, 2.05) is 50.2 Å². The molecule has 2 unspecified atom stereocenters. The number of nitrogens with one attached hydrogen (secondary N) is 1. The third kappa shape index (κ3) is 4.20. The van der Waals surface area contributed by atoms with Crippen molar-refractivity contribution in [2.75, 3.05) is 13.2 Å². The predicted octanol–water partition coefficient (Wildman–Crippen LogP) is 2.32. The minimum absolute atomic E-state index is 0.0351. The smallest absolute Gasteiger partial charge is 0.224 e. The molecule has 0 aliphatic heterocycles. The summed E-state index contributed by atoms with van der Waals surface area (Å²) >= 11 is 0. The summed E-state index contributed by atoms with van der Waals surface area (Å²) in [6, 6.07) is 14.0. The Kier molecular flexibility index (Phi) is 5.17. The molecular formula is C17H22N2O2. The predicted molar refractivity (Wildman–Crippen MR) is 85.3 cm³/mol. The third-order valence-corrected chi connectivity index (χ3v) is 3.59. The zero-order valence-corrected chi connectivity index (χ0v) is 12.5. The van der Waals surface area contributed by atoms with E-state index >= 15 is 0 Å². The lowest BCUT2D eigenvalue weighted by atomic mass is 10.0. The van der Waals surface area contributed by atoms with E-state index in [9.17, 15) is 4.79 Å². The molecule has 0 bridgehead atoms. The summed E-state index contributed by atoms with van der Waals surface area (Å²) in [5, 5.41) is 5.15. The lowest BCUT2D eigenvalue weighted by Gasteiger charge is -2.15. The molecule has 21 heavy (non-hydrogen) atoms. The molecule has 1 amide bonds. The second kappa shape index (κ2) is 7.09. The van der Waals surface area contributed by atoms with Gasteiger partial charge < -0.3 is 15.8 Å². The Morgan fingerprint density at radius 3 is 2.62 bits per heavy atom. The summed E-state index contributed by atoms with van der Waals surface area (Å²) in [6.07, 6.45) is 0. The lowest BCUT2D eigenvalue weighted by molar-refractivity contribution is -0.125. The molecule has 3 N–H and O–H groups in total. The van der Waals surface area contributed by atoms with Crippen LogP contribution in [0.25, 0.3) is 10.8 Å². The van der Waals surface area contributed by atoms with Gasteiger partial charge in [-0.15, -0.1) is 0 Å². The van der Waals surface area contributed by atoms with Crippen molar-refractivity contribution in [3.8, 4) is 5.75 Å². The van der Waals surface area contributed by atoms with Crippen LogP contribution in [0.2, 0.25) is 0 Å². The van der Waals surface area contributed by atoms with E-state index in [0.717, 1.165) is 11.1 Å². The number of nitrogens with two attached hydrogens (primary N) is 1. The second-order valence-corrected chi connectivity index (χ2v) is 5.30. The van der Waals surface area contributed by atoms with Gasteiger partial charge in [-0.2, -0.15) is 0 Å². The van der Waals surface area contributed by atoms with Crippen LogP contribution in [-0.4, -0.2) is 25.1 Å². The fraction of sp³-hybridized carbons (Fsp3) is 0.353. The van der Waals surface area contributed by atoms with Gasteiger partial charge >= 0.3 is 0 Å². The maximum Gasteiger partial charge on any atom is 0.224 e. The molecule has 2 aromatic carbocycles. The molecule has 0 fully saturated rings. The average Bonchev–Trinajstić information content (AvgIpc) is 2.50. The number of rotatable bonds is 6. The van der Waals surface area contributed by atoms with E-state index in [4.69, 9.17) is 10.5 Å². The molecule has 4 heteroatoms. The first-order valence-corrected chi connectivity index (χ1v) is 7.23. The quantitative estimate of drug-likeness (QED) is 0.801. The van der Waals surface area contributed by atoms with Crippen molar-refractivity contribution in [1.82, 2.24) is 5.32 Å². The van der Waals surface area contributed by atoms with Crippen LogP contribution in [0, 0.1) is 5.92 Å². The highest BCUT2D eigenvalue weighted by Gasteiger charge is 2.15. The van der Waals surface area contributed by atoms with Crippen LogP contribution < -0.4 is 15.8 Å². The molecule has 0 spiro atoms. The Labute approximate surface area is 125 Å². The molecule has 0 radical (unpaired) electrons. The number of hydrogen-bond acceptors (Lipinski definition) is 3. The summed E-state index contributed by atoms with van der Waals surface area (Å²) in [4.78, 5) is 11.7. The Hall–Kier alpha value is -2.07. The molecule has 2 aromatic rings. The Balaban J connectivity index is 1.81. The lowest BCUT2D eigenvalue weighted by Crippen LogP contribution is -2.40. The molecule has 0 aromatic heterocycles. The van der Waals surface area contributed by atoms with Crippen LogP contribution in [0.1, 0.15) is 13.8 Å². The number of carbonyl (C=O) groups is 1. The van der Waals surface area contributed by atoms with E-state index in [1.54, 1.807) is 0 Å². The summed E-state index contributed by atoms with van der Waals surface area (Å²) in [5.41, 5.74) is 5.69. The highest BCUT2D eigenvalue weighted by atomic mass is 16.5. The van der Waals surface area contributed by atoms with Gasteiger partial charge in [-0.25, -0.2) is 0 Å². The van der Waals surface area contributed by atoms with Gasteiger partial charge in [0.15, 0.2) is 0 Å². The van der Waals surface area contributed by atoms with Gasteiger partial charge in [0.25, 0.3) is 0 Å². The number of carbonyl (C=O) groups excluding carboxylic acids is 1. The van der Waals surface area contributed by atoms with Gasteiger partial charge in [-0.3, -0.25) is 4.79 Å². The first kappa shape index (κ1) is 15.3. The Morgan fingerprint density at radius 2 is 1.90 bits per heavy atom. The van der Waals surface area contributed by atoms with Crippen LogP contribution in [0.15, 0.2) is 42.5 Å². The Bertz CT molecular complexity index is 611. The number of benzene rings is 2. The van der Waals surface area contributed by atoms with Crippen molar-refractivity contribution in [3.63, 3.8) is 0 Å². The molecular weight excluding hydrogens is 264 g/mol. The number of fused-ring (bicyclic) bond motifs is 1. The van der Waals surface area contributed by atoms with E-state index < -0.39 is 0 Å². The van der Waals surface area contributed by atoms with Gasteiger partial charge in [0.1, 0.15) is 12.4 Å². The summed E-state index contributed by atoms with van der Waals surface area (Å²) in [5.74, 6) is 0.584. The molecule has 0 saturated carbocycles. The van der Waals surface area contributed by atoms with Gasteiger partial charge in [-0.05, 0) is 29.8 Å². The maximum atomic E-state index is 11.7. The van der Waals surface area contributed by atoms with Gasteiger partial charge in [0.2, 0.25) is 5.91 Å². The normalized spacial score (nSPS) is 13.7. The van der Waals surface area contributed by atoms with Crippen molar-refractivity contribution in [2.24, 2.45) is 11.7 Å². The average molecular weight is 286 g/mol. The largest absolute Gasteiger partial charge is 0.492 e. The zero-order chi connectivity index (χ0) is 15.2. The summed E-state index contributed by atoms with van der Waals surface area (Å²) in [6.45, 7) is 4.57. The van der Waals surface area contributed by atoms with E-state index in [1.165, 1.54) is 5.39 Å². The molecule has 2 rings (SSSR count). The van der Waals surface area contributed by atoms with Crippen LogP contribution in [0.5, 0.6) is 5.75 Å². The molecule has 0 heterocycles. The number of amides is 1. The van der Waals surface area contributed by atoms with Crippen molar-refractivity contribution in [1.29, 1.82) is 0 Å². The second-order valence-electron chi connectivity index (χ2n) is 5.30. The Morgan fingerprint density at radius 1 is 1.19 bits per heavy atom.